The van der Waals surface area contributed by atoms with Crippen LogP contribution >= 0.6 is 12.4 Å². The molecule has 0 saturated carbocycles. The molecule has 0 atom stereocenters. The van der Waals surface area contributed by atoms with Gasteiger partial charge < -0.3 is 11.1 Å². The van der Waals surface area contributed by atoms with Gasteiger partial charge in [-0.3, -0.25) is 4.90 Å². The van der Waals surface area contributed by atoms with E-state index in [1.807, 2.05) is 0 Å². The molecule has 0 aliphatic rings. The molecule has 0 aromatic heterocycles. The quantitative estimate of drug-likeness (QED) is 0.311. The Kier molecular flexibility index (Phi) is 10.4. The van der Waals surface area contributed by atoms with E-state index >= 15 is 0 Å². The van der Waals surface area contributed by atoms with Crippen LogP contribution in [0.4, 0.5) is 0 Å². The summed E-state index contributed by atoms with van der Waals surface area (Å²) in [7, 11) is 0. The number of unbranched alkanes of at least 4 members (excludes halogenated alkanes) is 2. The van der Waals surface area contributed by atoms with Gasteiger partial charge >= 0.3 is 0 Å². The van der Waals surface area contributed by atoms with E-state index in [2.05, 4.69) is 71.7 Å². The molecule has 3 aromatic rings. The first kappa shape index (κ1) is 23.6. The highest BCUT2D eigenvalue weighted by molar-refractivity contribution is 6.02. The second-order valence-electron chi connectivity index (χ2n) is 7.62. The Hall–Kier alpha value is -1.65. The van der Waals surface area contributed by atoms with Crippen molar-refractivity contribution in [3.8, 4) is 0 Å². The minimum absolute atomic E-state index is 0. The summed E-state index contributed by atoms with van der Waals surface area (Å²) >= 11 is 0. The summed E-state index contributed by atoms with van der Waals surface area (Å²) < 4.78 is 0. The summed E-state index contributed by atoms with van der Waals surface area (Å²) in [6, 6.07) is 19.9. The van der Waals surface area contributed by atoms with Crippen molar-refractivity contribution in [2.24, 2.45) is 5.73 Å². The van der Waals surface area contributed by atoms with E-state index in [1.54, 1.807) is 0 Å². The molecular weight excluding hydrogens is 378 g/mol. The number of nitrogens with two attached hydrogens (primary N) is 1. The van der Waals surface area contributed by atoms with Crippen molar-refractivity contribution in [1.29, 1.82) is 0 Å². The normalized spacial score (nSPS) is 11.3. The minimum atomic E-state index is 0. The van der Waals surface area contributed by atoms with E-state index in [4.69, 9.17) is 5.73 Å². The molecule has 0 radical (unpaired) electrons. The predicted molar refractivity (Wildman–Crippen MR) is 130 cm³/mol. The van der Waals surface area contributed by atoms with Crippen molar-refractivity contribution in [2.75, 3.05) is 32.7 Å². The highest BCUT2D eigenvalue weighted by Crippen LogP contribution is 2.29. The minimum Gasteiger partial charge on any atom is -0.330 e. The highest BCUT2D eigenvalue weighted by atomic mass is 35.5. The number of hydrogen-bond donors (Lipinski definition) is 2. The van der Waals surface area contributed by atoms with Gasteiger partial charge in [0, 0.05) is 6.54 Å². The number of nitrogens with zero attached hydrogens (tertiary/aromatic N) is 1. The van der Waals surface area contributed by atoms with Crippen LogP contribution in [0.15, 0.2) is 54.6 Å². The van der Waals surface area contributed by atoms with Crippen molar-refractivity contribution in [3.05, 3.63) is 60.2 Å². The van der Waals surface area contributed by atoms with Crippen LogP contribution in [-0.2, 0) is 6.54 Å². The number of nitrogens with one attached hydrogen (secondary N) is 1. The van der Waals surface area contributed by atoms with Crippen LogP contribution in [0.2, 0.25) is 0 Å². The summed E-state index contributed by atoms with van der Waals surface area (Å²) in [6.45, 7) is 8.53. The van der Waals surface area contributed by atoms with Crippen molar-refractivity contribution >= 4 is 34.0 Å². The zero-order valence-corrected chi connectivity index (χ0v) is 18.5. The molecule has 29 heavy (non-hydrogen) atoms. The topological polar surface area (TPSA) is 41.3 Å². The van der Waals surface area contributed by atoms with E-state index in [0.717, 1.165) is 45.7 Å². The van der Waals surface area contributed by atoms with E-state index in [-0.39, 0.29) is 12.4 Å². The van der Waals surface area contributed by atoms with Crippen molar-refractivity contribution in [3.63, 3.8) is 0 Å². The second kappa shape index (κ2) is 12.8. The summed E-state index contributed by atoms with van der Waals surface area (Å²) in [5, 5.41) is 9.00. The van der Waals surface area contributed by atoms with E-state index in [1.165, 1.54) is 46.4 Å². The first-order valence-electron chi connectivity index (χ1n) is 10.9. The van der Waals surface area contributed by atoms with Crippen LogP contribution < -0.4 is 11.1 Å². The summed E-state index contributed by atoms with van der Waals surface area (Å²) in [4.78, 5) is 2.59. The summed E-state index contributed by atoms with van der Waals surface area (Å²) in [5.41, 5.74) is 7.01. The Labute approximate surface area is 182 Å². The van der Waals surface area contributed by atoms with E-state index < -0.39 is 0 Å². The smallest absolute Gasteiger partial charge is 0.0245 e. The Morgan fingerprint density at radius 1 is 0.828 bits per heavy atom. The van der Waals surface area contributed by atoms with Gasteiger partial charge in [0.1, 0.15) is 0 Å². The van der Waals surface area contributed by atoms with Gasteiger partial charge in [-0.15, -0.1) is 12.4 Å². The molecule has 0 aliphatic heterocycles. The molecule has 0 heterocycles. The maximum Gasteiger partial charge on any atom is 0.0245 e. The van der Waals surface area contributed by atoms with Crippen LogP contribution in [0, 0.1) is 0 Å². The zero-order chi connectivity index (χ0) is 19.6. The summed E-state index contributed by atoms with van der Waals surface area (Å²) in [5.74, 6) is 0. The van der Waals surface area contributed by atoms with Gasteiger partial charge in [0.25, 0.3) is 0 Å². The molecule has 4 heteroatoms. The average Bonchev–Trinajstić information content (AvgIpc) is 2.74. The Balaban J connectivity index is 0.00000300. The summed E-state index contributed by atoms with van der Waals surface area (Å²) in [6.07, 6.45) is 4.77. The standard InChI is InChI=1S/C25H35N3.ClH/c1-2-28(18-10-9-17-27-16-8-7-15-26)20-25-23-13-5-3-11-21(23)19-22-12-4-6-14-24(22)25;/h3-6,11-14,19,27H,2,7-10,15-18,20,26H2,1H3;1H. The van der Waals surface area contributed by atoms with Crippen LogP contribution in [0.3, 0.4) is 0 Å². The Morgan fingerprint density at radius 3 is 2.00 bits per heavy atom. The molecule has 3 aromatic carbocycles. The molecule has 3 N–H and O–H groups in total. The second-order valence-corrected chi connectivity index (χ2v) is 7.62. The molecule has 0 saturated heterocycles. The van der Waals surface area contributed by atoms with Gasteiger partial charge in [-0.05, 0) is 91.6 Å². The number of halogens is 1. The molecule has 0 amide bonds. The first-order chi connectivity index (χ1) is 13.8. The van der Waals surface area contributed by atoms with Crippen LogP contribution in [0.25, 0.3) is 21.5 Å². The Bertz CT molecular complexity index is 811. The van der Waals surface area contributed by atoms with E-state index in [0.29, 0.717) is 0 Å². The molecule has 0 fully saturated rings. The van der Waals surface area contributed by atoms with Gasteiger partial charge in [0.15, 0.2) is 0 Å². The van der Waals surface area contributed by atoms with Crippen molar-refractivity contribution in [1.82, 2.24) is 10.2 Å². The molecule has 0 aliphatic carbocycles. The molecule has 0 unspecified atom stereocenters. The van der Waals surface area contributed by atoms with Gasteiger partial charge in [-0.1, -0.05) is 55.5 Å². The van der Waals surface area contributed by atoms with Crippen LogP contribution in [0.5, 0.6) is 0 Å². The average molecular weight is 414 g/mol. The van der Waals surface area contributed by atoms with E-state index in [9.17, 15) is 0 Å². The lowest BCUT2D eigenvalue weighted by atomic mass is 9.96. The first-order valence-corrected chi connectivity index (χ1v) is 10.9. The maximum atomic E-state index is 5.54. The van der Waals surface area contributed by atoms with Gasteiger partial charge in [0.05, 0.1) is 0 Å². The maximum absolute atomic E-state index is 5.54. The molecule has 158 valence electrons. The highest BCUT2D eigenvalue weighted by Gasteiger charge is 2.11. The molecule has 3 nitrogen and oxygen atoms in total. The largest absolute Gasteiger partial charge is 0.330 e. The lowest BCUT2D eigenvalue weighted by Gasteiger charge is -2.23. The third-order valence-electron chi connectivity index (χ3n) is 5.60. The fourth-order valence-electron chi connectivity index (χ4n) is 3.96. The lowest BCUT2D eigenvalue weighted by Crippen LogP contribution is -2.25. The Morgan fingerprint density at radius 2 is 1.41 bits per heavy atom. The third kappa shape index (κ3) is 6.68. The fourth-order valence-corrected chi connectivity index (χ4v) is 3.96. The fraction of sp³-hybridized carbons (Fsp3) is 0.440. The van der Waals surface area contributed by atoms with Gasteiger partial charge in [-0.2, -0.15) is 0 Å². The van der Waals surface area contributed by atoms with Crippen LogP contribution in [0.1, 0.15) is 38.2 Å². The SMILES string of the molecule is CCN(CCCCNCCCCN)Cc1c2ccccc2cc2ccccc12.Cl. The molecule has 0 bridgehead atoms. The third-order valence-corrected chi connectivity index (χ3v) is 5.60. The predicted octanol–water partition coefficient (Wildman–Crippen LogP) is 5.35. The van der Waals surface area contributed by atoms with Crippen LogP contribution in [-0.4, -0.2) is 37.6 Å². The number of rotatable bonds is 12. The number of benzene rings is 3. The molecular formula is C25H36ClN3. The van der Waals surface area contributed by atoms with Gasteiger partial charge in [-0.25, -0.2) is 0 Å². The number of hydrogen-bond acceptors (Lipinski definition) is 3. The molecule has 0 spiro atoms. The van der Waals surface area contributed by atoms with Gasteiger partial charge in [0.2, 0.25) is 0 Å². The zero-order valence-electron chi connectivity index (χ0n) is 17.7. The monoisotopic (exact) mass is 413 g/mol. The van der Waals surface area contributed by atoms with Crippen molar-refractivity contribution < 1.29 is 0 Å². The molecule has 3 rings (SSSR count). The van der Waals surface area contributed by atoms with Crippen molar-refractivity contribution in [2.45, 2.75) is 39.2 Å². The number of fused-ring (bicyclic) bond motifs is 2. The lowest BCUT2D eigenvalue weighted by molar-refractivity contribution is 0.275.